The number of para-hydroxylation sites is 6. The number of aromatic nitrogens is 2. The number of hydrogen-bond donors (Lipinski definition) is 0. The summed E-state index contributed by atoms with van der Waals surface area (Å²) in [6.45, 7) is -0.209. The van der Waals surface area contributed by atoms with E-state index < -0.39 is 0 Å². The molecule has 2 aromatic heterocycles. The van der Waals surface area contributed by atoms with Crippen molar-refractivity contribution >= 4 is 57.3 Å². The Kier molecular flexibility index (Phi) is 6.01. The molecule has 5 heteroatoms. The Hall–Kier alpha value is -6.72. The van der Waals surface area contributed by atoms with E-state index in [-0.39, 0.29) is 6.98 Å². The average molecular weight is 651 g/mol. The van der Waals surface area contributed by atoms with E-state index in [0.29, 0.717) is 0 Å². The highest BCUT2D eigenvalue weighted by Crippen LogP contribution is 2.54. The molecule has 9 aromatic rings. The van der Waals surface area contributed by atoms with Gasteiger partial charge in [-0.15, -0.1) is 0 Å². The smallest absolute Gasteiger partial charge is 0.347 e. The summed E-state index contributed by atoms with van der Waals surface area (Å²) < 4.78 is 4.94. The van der Waals surface area contributed by atoms with Gasteiger partial charge in [0.05, 0.1) is 11.0 Å². The van der Waals surface area contributed by atoms with Crippen LogP contribution in [0.15, 0.2) is 188 Å². The van der Waals surface area contributed by atoms with E-state index in [1.54, 1.807) is 0 Å². The summed E-state index contributed by atoms with van der Waals surface area (Å²) in [5.41, 5.74) is 13.3. The van der Waals surface area contributed by atoms with E-state index >= 15 is 0 Å². The maximum absolute atomic E-state index is 2.59. The summed E-state index contributed by atoms with van der Waals surface area (Å²) in [5.74, 6) is 2.32. The molecule has 0 spiro atoms. The zero-order chi connectivity index (χ0) is 33.5. The summed E-state index contributed by atoms with van der Waals surface area (Å²) in [5, 5.41) is 2.49. The number of hydrogen-bond acceptors (Lipinski definition) is 2. The van der Waals surface area contributed by atoms with Crippen molar-refractivity contribution in [3.05, 3.63) is 188 Å². The second-order valence-corrected chi connectivity index (χ2v) is 13.3. The number of nitrogens with zero attached hydrogens (tertiary/aromatic N) is 4. The minimum absolute atomic E-state index is 0.209. The van der Waals surface area contributed by atoms with E-state index in [4.69, 9.17) is 0 Å². The zero-order valence-electron chi connectivity index (χ0n) is 27.8. The van der Waals surface area contributed by atoms with Gasteiger partial charge in [0.1, 0.15) is 11.6 Å². The highest BCUT2D eigenvalue weighted by Gasteiger charge is 2.50. The molecule has 51 heavy (non-hydrogen) atoms. The SMILES string of the molecule is c1ccc(N2B3c4c(cccc4-c4c(n(-c5ccccc5)c5ccccc45)N3c3ccccc3)-c3c2n(-c2ccccc2)c2ccccc32)cc1. The zero-order valence-corrected chi connectivity index (χ0v) is 27.8. The van der Waals surface area contributed by atoms with Crippen LogP contribution in [-0.4, -0.2) is 16.1 Å². The van der Waals surface area contributed by atoms with E-state index in [1.165, 1.54) is 49.5 Å². The van der Waals surface area contributed by atoms with Crippen molar-refractivity contribution in [3.8, 4) is 33.6 Å². The maximum atomic E-state index is 2.59. The lowest BCUT2D eigenvalue weighted by atomic mass is 9.54. The largest absolute Gasteiger partial charge is 0.424 e. The lowest BCUT2D eigenvalue weighted by molar-refractivity contribution is 1.06. The fourth-order valence-electron chi connectivity index (χ4n) is 8.71. The Morgan fingerprint density at radius 3 is 1.08 bits per heavy atom. The van der Waals surface area contributed by atoms with Gasteiger partial charge in [0, 0.05) is 44.6 Å². The van der Waals surface area contributed by atoms with E-state index in [0.717, 1.165) is 34.4 Å². The Bertz CT molecular complexity index is 2570. The van der Waals surface area contributed by atoms with Gasteiger partial charge in [-0.25, -0.2) is 0 Å². The number of anilines is 4. The normalized spacial score (nSPS) is 13.0. The van der Waals surface area contributed by atoms with Crippen LogP contribution in [0, 0.1) is 0 Å². The van der Waals surface area contributed by atoms with Crippen molar-refractivity contribution in [2.24, 2.45) is 0 Å². The van der Waals surface area contributed by atoms with Gasteiger partial charge in [-0.3, -0.25) is 9.13 Å². The molecule has 2 aliphatic rings. The summed E-state index contributed by atoms with van der Waals surface area (Å²) in [6, 6.07) is 68.3. The summed E-state index contributed by atoms with van der Waals surface area (Å²) in [6.07, 6.45) is 0. The van der Waals surface area contributed by atoms with Crippen molar-refractivity contribution in [3.63, 3.8) is 0 Å². The Morgan fingerprint density at radius 1 is 0.314 bits per heavy atom. The number of fused-ring (bicyclic) bond motifs is 8. The van der Waals surface area contributed by atoms with Gasteiger partial charge >= 0.3 is 6.98 Å². The molecule has 0 saturated carbocycles. The molecule has 0 atom stereocenters. The molecule has 11 rings (SSSR count). The maximum Gasteiger partial charge on any atom is 0.424 e. The first kappa shape index (κ1) is 28.2. The monoisotopic (exact) mass is 650 g/mol. The van der Waals surface area contributed by atoms with Crippen LogP contribution in [0.4, 0.5) is 23.0 Å². The summed E-state index contributed by atoms with van der Waals surface area (Å²) in [7, 11) is 0. The molecule has 0 aliphatic carbocycles. The Morgan fingerprint density at radius 2 is 0.667 bits per heavy atom. The highest BCUT2D eigenvalue weighted by molar-refractivity contribution is 6.86. The van der Waals surface area contributed by atoms with Gasteiger partial charge in [-0.1, -0.05) is 127 Å². The van der Waals surface area contributed by atoms with Gasteiger partial charge in [0.2, 0.25) is 0 Å². The molecule has 4 heterocycles. The van der Waals surface area contributed by atoms with Crippen molar-refractivity contribution in [1.82, 2.24) is 9.13 Å². The fraction of sp³-hybridized carbons (Fsp3) is 0. The van der Waals surface area contributed by atoms with E-state index in [9.17, 15) is 0 Å². The second-order valence-electron chi connectivity index (χ2n) is 13.3. The van der Waals surface area contributed by atoms with Gasteiger partial charge in [0.25, 0.3) is 0 Å². The molecule has 0 fully saturated rings. The van der Waals surface area contributed by atoms with Gasteiger partial charge in [-0.2, -0.15) is 0 Å². The van der Waals surface area contributed by atoms with Crippen LogP contribution in [0.1, 0.15) is 0 Å². The van der Waals surface area contributed by atoms with Crippen LogP contribution in [0.5, 0.6) is 0 Å². The second kappa shape index (κ2) is 10.9. The van der Waals surface area contributed by atoms with Gasteiger partial charge < -0.3 is 9.62 Å². The van der Waals surface area contributed by atoms with Crippen LogP contribution in [0.2, 0.25) is 0 Å². The van der Waals surface area contributed by atoms with Crippen LogP contribution in [0.3, 0.4) is 0 Å². The molecule has 0 amide bonds. The predicted octanol–water partition coefficient (Wildman–Crippen LogP) is 10.9. The quantitative estimate of drug-likeness (QED) is 0.176. The minimum Gasteiger partial charge on any atom is -0.347 e. The first-order chi connectivity index (χ1) is 25.4. The standard InChI is InChI=1S/C46H31BN4/c1-5-18-32(19-6-1)48-40-30-15-13-26-36(40)42-38-28-17-29-39-43-37-27-14-16-31-41(37)49(33-20-7-2-8-21-33)46(43)51(35-24-11-4-12-25-35)47(44(38)39)50(45(42)48)34-22-9-3-10-23-34/h1-31H. The molecular weight excluding hydrogens is 619 g/mol. The van der Waals surface area contributed by atoms with Crippen LogP contribution >= 0.6 is 0 Å². The molecule has 0 N–H and O–H groups in total. The topological polar surface area (TPSA) is 16.3 Å². The van der Waals surface area contributed by atoms with E-state index in [1.807, 2.05) is 0 Å². The molecule has 0 unspecified atom stereocenters. The lowest BCUT2D eigenvalue weighted by Gasteiger charge is -2.47. The summed E-state index contributed by atoms with van der Waals surface area (Å²) in [4.78, 5) is 5.19. The Labute approximate surface area is 296 Å². The highest BCUT2D eigenvalue weighted by atomic mass is 15.3. The molecular formula is C46H31BN4. The average Bonchev–Trinajstić information content (AvgIpc) is 3.73. The third-order valence-corrected chi connectivity index (χ3v) is 10.6. The van der Waals surface area contributed by atoms with Crippen molar-refractivity contribution in [2.75, 3.05) is 9.62 Å². The predicted molar refractivity (Wildman–Crippen MR) is 214 cm³/mol. The number of rotatable bonds is 4. The molecule has 0 saturated heterocycles. The lowest BCUT2D eigenvalue weighted by Crippen LogP contribution is -2.62. The van der Waals surface area contributed by atoms with Crippen LogP contribution in [0.25, 0.3) is 55.4 Å². The van der Waals surface area contributed by atoms with Crippen molar-refractivity contribution < 1.29 is 0 Å². The summed E-state index contributed by atoms with van der Waals surface area (Å²) >= 11 is 0. The van der Waals surface area contributed by atoms with Gasteiger partial charge in [-0.05, 0) is 77.3 Å². The molecule has 238 valence electrons. The third-order valence-electron chi connectivity index (χ3n) is 10.6. The van der Waals surface area contributed by atoms with Crippen LogP contribution in [-0.2, 0) is 0 Å². The molecule has 2 aliphatic heterocycles. The Balaban J connectivity index is 1.36. The molecule has 0 bridgehead atoms. The van der Waals surface area contributed by atoms with Crippen molar-refractivity contribution in [1.29, 1.82) is 0 Å². The van der Waals surface area contributed by atoms with Crippen molar-refractivity contribution in [2.45, 2.75) is 0 Å². The molecule has 0 radical (unpaired) electrons. The third kappa shape index (κ3) is 3.91. The molecule has 4 nitrogen and oxygen atoms in total. The van der Waals surface area contributed by atoms with Crippen LogP contribution < -0.4 is 15.1 Å². The molecule has 7 aromatic carbocycles. The van der Waals surface area contributed by atoms with E-state index in [2.05, 4.69) is 207 Å². The first-order valence-corrected chi connectivity index (χ1v) is 17.6. The minimum atomic E-state index is -0.209. The first-order valence-electron chi connectivity index (χ1n) is 17.6. The number of benzene rings is 7. The fourth-order valence-corrected chi connectivity index (χ4v) is 8.71. The van der Waals surface area contributed by atoms with Gasteiger partial charge in [0.15, 0.2) is 0 Å².